The molecule has 2 heterocycles. The van der Waals surface area contributed by atoms with Crippen LogP contribution in [0.25, 0.3) is 36.9 Å². The van der Waals surface area contributed by atoms with E-state index in [2.05, 4.69) is 154 Å². The number of nitrogens with zero attached hydrogens (tertiary/aromatic N) is 2. The predicted octanol–water partition coefficient (Wildman–Crippen LogP) is 12.3. The fourth-order valence-electron chi connectivity index (χ4n) is 7.65. The van der Waals surface area contributed by atoms with E-state index in [0.717, 1.165) is 50.7 Å². The summed E-state index contributed by atoms with van der Waals surface area (Å²) in [5.74, 6) is 0. The third-order valence-corrected chi connectivity index (χ3v) is 11.1. The lowest BCUT2D eigenvalue weighted by molar-refractivity contribution is 0.661. The molecular weight excluding hydrogens is 577 g/mol. The average Bonchev–Trinajstić information content (AvgIpc) is 3.57. The molecule has 3 heteroatoms. The van der Waals surface area contributed by atoms with Crippen LogP contribution in [0.1, 0.15) is 48.6 Å². The molecule has 0 spiro atoms. The van der Waals surface area contributed by atoms with E-state index in [9.17, 15) is 0 Å². The number of para-hydroxylation sites is 1. The minimum absolute atomic E-state index is 0.0869. The van der Waals surface area contributed by atoms with Gasteiger partial charge < -0.3 is 4.90 Å². The molecule has 2 aliphatic rings. The zero-order valence-corrected chi connectivity index (χ0v) is 27.0. The molecule has 0 N–H and O–H groups in total. The van der Waals surface area contributed by atoms with Gasteiger partial charge in [0, 0.05) is 53.7 Å². The molecule has 0 radical (unpaired) electrons. The van der Waals surface area contributed by atoms with Crippen LogP contribution in [0.4, 0.5) is 22.7 Å². The first kappa shape index (κ1) is 27.1. The molecule has 0 amide bonds. The van der Waals surface area contributed by atoms with E-state index in [-0.39, 0.29) is 5.41 Å². The molecule has 220 valence electrons. The molecule has 7 aromatic rings. The molecule has 1 aromatic heterocycles. The van der Waals surface area contributed by atoms with Gasteiger partial charge >= 0.3 is 0 Å². The molecule has 0 unspecified atom stereocenters. The lowest BCUT2D eigenvalue weighted by atomic mass is 9.82. The average molecular weight is 609 g/mol. The van der Waals surface area contributed by atoms with E-state index in [0.29, 0.717) is 0 Å². The van der Waals surface area contributed by atoms with Gasteiger partial charge in [-0.25, -0.2) is 0 Å². The van der Waals surface area contributed by atoms with Crippen molar-refractivity contribution in [3.8, 4) is 11.1 Å². The normalized spacial score (nSPS) is 14.7. The highest BCUT2D eigenvalue weighted by molar-refractivity contribution is 7.26. The zero-order chi connectivity index (χ0) is 31.2. The van der Waals surface area contributed by atoms with E-state index in [1.165, 1.54) is 42.4 Å². The number of benzene rings is 6. The Labute approximate surface area is 273 Å². The van der Waals surface area contributed by atoms with E-state index >= 15 is 0 Å². The Bertz CT molecular complexity index is 2430. The summed E-state index contributed by atoms with van der Waals surface area (Å²) in [6.07, 6.45) is 0. The molecule has 0 fully saturated rings. The Morgan fingerprint density at radius 3 is 2.28 bits per heavy atom. The number of aliphatic imine (C=N–C) groups is 1. The third kappa shape index (κ3) is 3.79. The quantitative estimate of drug-likeness (QED) is 0.182. The first-order valence-corrected chi connectivity index (χ1v) is 16.7. The fourth-order valence-corrected chi connectivity index (χ4v) is 8.92. The second-order valence-electron chi connectivity index (χ2n) is 12.9. The Morgan fingerprint density at radius 2 is 1.41 bits per heavy atom. The van der Waals surface area contributed by atoms with Gasteiger partial charge in [0.1, 0.15) is 0 Å². The molecule has 0 saturated carbocycles. The van der Waals surface area contributed by atoms with Gasteiger partial charge in [-0.2, -0.15) is 0 Å². The van der Waals surface area contributed by atoms with Crippen molar-refractivity contribution in [2.45, 2.75) is 26.2 Å². The van der Waals surface area contributed by atoms with Crippen LogP contribution in [0.15, 0.2) is 139 Å². The Balaban J connectivity index is 1.27. The van der Waals surface area contributed by atoms with Crippen LogP contribution >= 0.6 is 11.3 Å². The molecule has 9 rings (SSSR count). The number of thiophene rings is 1. The maximum Gasteiger partial charge on any atom is 0.0732 e. The van der Waals surface area contributed by atoms with Gasteiger partial charge in [0.2, 0.25) is 0 Å². The first-order valence-electron chi connectivity index (χ1n) is 15.8. The van der Waals surface area contributed by atoms with E-state index < -0.39 is 0 Å². The third-order valence-electron chi connectivity index (χ3n) is 9.94. The number of hydrogen-bond acceptors (Lipinski definition) is 3. The zero-order valence-electron chi connectivity index (χ0n) is 26.1. The van der Waals surface area contributed by atoms with Gasteiger partial charge in [0.05, 0.1) is 17.1 Å². The summed E-state index contributed by atoms with van der Waals surface area (Å²) in [5, 5.41) is 2.68. The van der Waals surface area contributed by atoms with Crippen LogP contribution in [0, 0.1) is 0 Å². The lowest BCUT2D eigenvalue weighted by Crippen LogP contribution is -2.18. The first-order chi connectivity index (χ1) is 22.4. The summed E-state index contributed by atoms with van der Waals surface area (Å²) in [6.45, 7) is 11.4. The van der Waals surface area contributed by atoms with Gasteiger partial charge in [-0.15, -0.1) is 11.3 Å². The molecule has 6 aromatic carbocycles. The van der Waals surface area contributed by atoms with Crippen LogP contribution in [0.2, 0.25) is 0 Å². The summed E-state index contributed by atoms with van der Waals surface area (Å²) in [5.41, 5.74) is 15.0. The van der Waals surface area contributed by atoms with Crippen LogP contribution in [0.3, 0.4) is 0 Å². The van der Waals surface area contributed by atoms with Crippen molar-refractivity contribution in [1.82, 2.24) is 0 Å². The Hall–Kier alpha value is -5.25. The van der Waals surface area contributed by atoms with E-state index in [1.807, 2.05) is 17.4 Å². The Kier molecular flexibility index (Phi) is 5.82. The summed E-state index contributed by atoms with van der Waals surface area (Å²) in [4.78, 5) is 7.60. The molecule has 1 aliphatic carbocycles. The van der Waals surface area contributed by atoms with Gasteiger partial charge in [-0.3, -0.25) is 4.99 Å². The minimum Gasteiger partial charge on any atom is -0.309 e. The summed E-state index contributed by atoms with van der Waals surface area (Å²) < 4.78 is 2.72. The topological polar surface area (TPSA) is 15.6 Å². The number of anilines is 3. The van der Waals surface area contributed by atoms with E-state index in [1.54, 1.807) is 0 Å². The minimum atomic E-state index is -0.0869. The molecule has 2 nitrogen and oxygen atoms in total. The fraction of sp³-hybridized carbons (Fsp3) is 0.0930. The van der Waals surface area contributed by atoms with Gasteiger partial charge in [-0.05, 0) is 71.1 Å². The molecular formula is C43H32N2S. The summed E-state index contributed by atoms with van der Waals surface area (Å²) in [7, 11) is 0. The van der Waals surface area contributed by atoms with Crippen LogP contribution in [-0.2, 0) is 5.41 Å². The SMILES string of the molecule is C=C1c2ccccc2N(c2ccc3c(c2)-c2c(ccc4c2sc2ccccc24)C3(C)C)c2cccc(N=C(C)c3ccccc3)c21. The number of fused-ring (bicyclic) bond motifs is 9. The largest absolute Gasteiger partial charge is 0.309 e. The summed E-state index contributed by atoms with van der Waals surface area (Å²) >= 11 is 1.92. The van der Waals surface area contributed by atoms with Crippen LogP contribution < -0.4 is 4.90 Å². The molecule has 1 aliphatic heterocycles. The van der Waals surface area contributed by atoms with Crippen molar-refractivity contribution in [2.24, 2.45) is 4.99 Å². The standard InChI is InChI=1S/C43H32N2S/c1-26-30-15-8-10-18-37(30)45(38-19-12-17-36(40(26)38)44-27(2)28-13-6-5-7-14-28)29-21-23-34-33(25-29)41-35(43(34,3)4)24-22-32-31-16-9-11-20-39(31)46-42(32)41/h5-25H,1H2,2-4H3. The highest BCUT2D eigenvalue weighted by Gasteiger charge is 2.38. The van der Waals surface area contributed by atoms with E-state index in [4.69, 9.17) is 4.99 Å². The Morgan fingerprint density at radius 1 is 0.674 bits per heavy atom. The maximum atomic E-state index is 5.19. The van der Waals surface area contributed by atoms with Crippen molar-refractivity contribution in [3.05, 3.63) is 162 Å². The molecule has 0 saturated heterocycles. The van der Waals surface area contributed by atoms with Crippen molar-refractivity contribution in [1.29, 1.82) is 0 Å². The van der Waals surface area contributed by atoms with Crippen molar-refractivity contribution in [2.75, 3.05) is 4.90 Å². The highest BCUT2D eigenvalue weighted by atomic mass is 32.1. The number of hydrogen-bond donors (Lipinski definition) is 0. The van der Waals surface area contributed by atoms with Gasteiger partial charge in [0.15, 0.2) is 0 Å². The van der Waals surface area contributed by atoms with Crippen molar-refractivity contribution in [3.63, 3.8) is 0 Å². The van der Waals surface area contributed by atoms with Crippen molar-refractivity contribution < 1.29 is 0 Å². The van der Waals surface area contributed by atoms with Crippen molar-refractivity contribution >= 4 is 65.5 Å². The summed E-state index contributed by atoms with van der Waals surface area (Å²) in [6, 6.07) is 46.0. The van der Waals surface area contributed by atoms with Gasteiger partial charge in [-0.1, -0.05) is 111 Å². The number of rotatable bonds is 3. The highest BCUT2D eigenvalue weighted by Crippen LogP contribution is 2.56. The maximum absolute atomic E-state index is 5.19. The predicted molar refractivity (Wildman–Crippen MR) is 198 cm³/mol. The molecule has 0 bridgehead atoms. The molecule has 46 heavy (non-hydrogen) atoms. The van der Waals surface area contributed by atoms with Crippen LogP contribution in [-0.4, -0.2) is 5.71 Å². The van der Waals surface area contributed by atoms with Crippen LogP contribution in [0.5, 0.6) is 0 Å². The second-order valence-corrected chi connectivity index (χ2v) is 13.9. The monoisotopic (exact) mass is 608 g/mol. The smallest absolute Gasteiger partial charge is 0.0732 e. The lowest BCUT2D eigenvalue weighted by Gasteiger charge is -2.35. The van der Waals surface area contributed by atoms with Gasteiger partial charge in [0.25, 0.3) is 0 Å². The second kappa shape index (κ2) is 9.87. The molecule has 0 atom stereocenters.